The first kappa shape index (κ1) is 11.4. The van der Waals surface area contributed by atoms with Gasteiger partial charge in [0.05, 0.1) is 0 Å². The predicted molar refractivity (Wildman–Crippen MR) is 54.6 cm³/mol. The zero-order valence-electron chi connectivity index (χ0n) is 8.23. The van der Waals surface area contributed by atoms with Gasteiger partial charge in [-0.2, -0.15) is 0 Å². The van der Waals surface area contributed by atoms with Gasteiger partial charge >= 0.3 is 0 Å². The first-order valence-electron chi connectivity index (χ1n) is 5.10. The minimum atomic E-state index is 0.976. The Morgan fingerprint density at radius 1 is 0.917 bits per heavy atom. The molecule has 0 radical (unpaired) electrons. The molecule has 0 atom stereocenters. The third-order valence-corrected chi connectivity index (χ3v) is 2.01. The standard InChI is InChI=1S/C11H21N/c1-2-3-4-5-6-7-8-9-10-11-12/h2-9,12H2,1H3. The number of hydrogen-bond donors (Lipinski definition) is 1. The normalized spacial score (nSPS) is 9.08. The molecule has 70 valence electrons. The van der Waals surface area contributed by atoms with E-state index in [1.54, 1.807) is 0 Å². The van der Waals surface area contributed by atoms with Gasteiger partial charge in [0.25, 0.3) is 0 Å². The van der Waals surface area contributed by atoms with Crippen LogP contribution in [0.4, 0.5) is 0 Å². The van der Waals surface area contributed by atoms with E-state index in [1.807, 2.05) is 0 Å². The smallest absolute Gasteiger partial charge is 0.0107 e. The van der Waals surface area contributed by atoms with Gasteiger partial charge in [0.15, 0.2) is 0 Å². The molecule has 0 heterocycles. The molecule has 0 aliphatic heterocycles. The van der Waals surface area contributed by atoms with E-state index in [4.69, 9.17) is 5.73 Å². The first-order chi connectivity index (χ1) is 5.91. The van der Waals surface area contributed by atoms with Crippen molar-refractivity contribution in [2.45, 2.75) is 58.3 Å². The summed E-state index contributed by atoms with van der Waals surface area (Å²) in [5, 5.41) is 0. The summed E-state index contributed by atoms with van der Waals surface area (Å²) >= 11 is 0. The van der Waals surface area contributed by atoms with E-state index in [-0.39, 0.29) is 0 Å². The first-order valence-corrected chi connectivity index (χ1v) is 5.10. The summed E-state index contributed by atoms with van der Waals surface area (Å²) in [5.41, 5.74) is 5.05. The van der Waals surface area contributed by atoms with E-state index in [1.165, 1.54) is 44.9 Å². The summed E-state index contributed by atoms with van der Waals surface area (Å²) < 4.78 is 0. The lowest BCUT2D eigenvalue weighted by atomic mass is 10.1. The molecule has 0 unspecified atom stereocenters. The fourth-order valence-electron chi connectivity index (χ4n) is 1.24. The lowest BCUT2D eigenvalue weighted by Crippen LogP contribution is -1.80. The molecule has 1 heteroatoms. The van der Waals surface area contributed by atoms with Crippen LogP contribution in [0.3, 0.4) is 0 Å². The van der Waals surface area contributed by atoms with Gasteiger partial charge in [-0.15, -0.1) is 0 Å². The largest absolute Gasteiger partial charge is 0.359 e. The molecule has 0 aromatic rings. The van der Waals surface area contributed by atoms with Gasteiger partial charge in [0.2, 0.25) is 0 Å². The zero-order valence-corrected chi connectivity index (χ0v) is 8.23. The van der Waals surface area contributed by atoms with Crippen molar-refractivity contribution >= 4 is 0 Å². The van der Waals surface area contributed by atoms with E-state index in [2.05, 4.69) is 18.9 Å². The van der Waals surface area contributed by atoms with Crippen LogP contribution in [0.5, 0.6) is 0 Å². The Balaban J connectivity index is 2.84. The highest BCUT2D eigenvalue weighted by Gasteiger charge is 1.88. The van der Waals surface area contributed by atoms with Gasteiger partial charge in [-0.25, -0.2) is 0 Å². The minimum Gasteiger partial charge on any atom is -0.359 e. The van der Waals surface area contributed by atoms with E-state index in [0.717, 1.165) is 6.42 Å². The maximum absolute atomic E-state index is 5.05. The quantitative estimate of drug-likeness (QED) is 0.352. The van der Waals surface area contributed by atoms with Gasteiger partial charge in [-0.1, -0.05) is 51.4 Å². The Bertz CT molecular complexity index is 130. The van der Waals surface area contributed by atoms with Crippen LogP contribution in [0.25, 0.3) is 0 Å². The molecule has 0 saturated carbocycles. The van der Waals surface area contributed by atoms with Gasteiger partial charge in [-0.05, 0) is 6.42 Å². The van der Waals surface area contributed by atoms with Crippen molar-refractivity contribution in [1.82, 2.24) is 0 Å². The van der Waals surface area contributed by atoms with Gasteiger partial charge in [0.1, 0.15) is 0 Å². The summed E-state index contributed by atoms with van der Waals surface area (Å²) in [5.74, 6) is 2.88. The Kier molecular flexibility index (Phi) is 9.81. The second kappa shape index (κ2) is 10.4. The summed E-state index contributed by atoms with van der Waals surface area (Å²) in [6.07, 6.45) is 10.4. The van der Waals surface area contributed by atoms with Crippen LogP contribution >= 0.6 is 0 Å². The van der Waals surface area contributed by atoms with Crippen molar-refractivity contribution < 1.29 is 0 Å². The Morgan fingerprint density at radius 2 is 1.50 bits per heavy atom. The molecule has 0 aromatic heterocycles. The second-order valence-electron chi connectivity index (χ2n) is 3.19. The number of hydrogen-bond acceptors (Lipinski definition) is 1. The molecule has 0 aliphatic rings. The van der Waals surface area contributed by atoms with Gasteiger partial charge < -0.3 is 5.73 Å². The lowest BCUT2D eigenvalue weighted by molar-refractivity contribution is 0.594. The summed E-state index contributed by atoms with van der Waals surface area (Å²) in [6, 6.07) is 2.43. The molecular formula is C11H21N. The predicted octanol–water partition coefficient (Wildman–Crippen LogP) is 3.05. The third kappa shape index (κ3) is 9.36. The summed E-state index contributed by atoms with van der Waals surface area (Å²) in [7, 11) is 0. The Morgan fingerprint density at radius 3 is 2.08 bits per heavy atom. The molecule has 0 fully saturated rings. The molecule has 0 rings (SSSR count). The van der Waals surface area contributed by atoms with E-state index < -0.39 is 0 Å². The van der Waals surface area contributed by atoms with Crippen molar-refractivity contribution in [2.75, 3.05) is 0 Å². The van der Waals surface area contributed by atoms with Crippen LogP contribution in [-0.2, 0) is 0 Å². The molecule has 0 bridgehead atoms. The topological polar surface area (TPSA) is 26.0 Å². The number of unbranched alkanes of at least 4 members (excludes halogenated alkanes) is 7. The van der Waals surface area contributed by atoms with E-state index in [0.29, 0.717) is 0 Å². The van der Waals surface area contributed by atoms with Crippen molar-refractivity contribution in [3.8, 4) is 12.0 Å². The fourth-order valence-corrected chi connectivity index (χ4v) is 1.24. The number of nitrogens with two attached hydrogens (primary N) is 1. The highest BCUT2D eigenvalue weighted by atomic mass is 14.4. The molecular weight excluding hydrogens is 146 g/mol. The zero-order chi connectivity index (χ0) is 9.07. The molecule has 0 aliphatic carbocycles. The van der Waals surface area contributed by atoms with Crippen molar-refractivity contribution in [3.05, 3.63) is 0 Å². The van der Waals surface area contributed by atoms with E-state index in [9.17, 15) is 0 Å². The third-order valence-electron chi connectivity index (χ3n) is 2.01. The average molecular weight is 167 g/mol. The summed E-state index contributed by atoms with van der Waals surface area (Å²) in [6.45, 7) is 2.25. The monoisotopic (exact) mass is 167 g/mol. The summed E-state index contributed by atoms with van der Waals surface area (Å²) in [4.78, 5) is 0. The molecule has 1 nitrogen and oxygen atoms in total. The molecule has 12 heavy (non-hydrogen) atoms. The van der Waals surface area contributed by atoms with Gasteiger partial charge in [-0.3, -0.25) is 0 Å². The molecule has 0 saturated heterocycles. The average Bonchev–Trinajstić information content (AvgIpc) is 2.10. The number of rotatable bonds is 7. The van der Waals surface area contributed by atoms with Crippen LogP contribution < -0.4 is 5.73 Å². The molecule has 0 amide bonds. The Hall–Kier alpha value is -0.640. The molecule has 0 aromatic carbocycles. The van der Waals surface area contributed by atoms with Crippen LogP contribution in [0.15, 0.2) is 0 Å². The maximum Gasteiger partial charge on any atom is 0.0107 e. The van der Waals surface area contributed by atoms with Crippen molar-refractivity contribution in [1.29, 1.82) is 0 Å². The SMILES string of the molecule is CCCCCCCCCC#CN. The van der Waals surface area contributed by atoms with Crippen LogP contribution in [-0.4, -0.2) is 0 Å². The molecule has 0 spiro atoms. The Labute approximate surface area is 76.7 Å². The van der Waals surface area contributed by atoms with E-state index >= 15 is 0 Å². The van der Waals surface area contributed by atoms with Gasteiger partial charge in [0, 0.05) is 12.5 Å². The molecule has 2 N–H and O–H groups in total. The van der Waals surface area contributed by atoms with Crippen LogP contribution in [0.1, 0.15) is 58.3 Å². The minimum absolute atomic E-state index is 0.976. The maximum atomic E-state index is 5.05. The van der Waals surface area contributed by atoms with Crippen LogP contribution in [0.2, 0.25) is 0 Å². The van der Waals surface area contributed by atoms with Crippen molar-refractivity contribution in [3.63, 3.8) is 0 Å². The lowest BCUT2D eigenvalue weighted by Gasteiger charge is -1.97. The highest BCUT2D eigenvalue weighted by Crippen LogP contribution is 2.07. The van der Waals surface area contributed by atoms with Crippen molar-refractivity contribution in [2.24, 2.45) is 5.73 Å². The highest BCUT2D eigenvalue weighted by molar-refractivity contribution is 4.92. The second-order valence-corrected chi connectivity index (χ2v) is 3.19. The fraction of sp³-hybridized carbons (Fsp3) is 0.818. The van der Waals surface area contributed by atoms with Crippen LogP contribution in [0, 0.1) is 12.0 Å².